The Kier molecular flexibility index (Phi) is 6.71. The van der Waals surface area contributed by atoms with Crippen LogP contribution in [0.2, 0.25) is 0 Å². The van der Waals surface area contributed by atoms with Crippen molar-refractivity contribution < 1.29 is 22.3 Å². The summed E-state index contributed by atoms with van der Waals surface area (Å²) in [5.74, 6) is -0.883. The first kappa shape index (κ1) is 17.5. The molecule has 0 fully saturated rings. The molecule has 0 unspecified atom stereocenters. The van der Waals surface area contributed by atoms with Crippen molar-refractivity contribution >= 4 is 10.0 Å². The molecule has 0 saturated carbocycles. The van der Waals surface area contributed by atoms with Gasteiger partial charge < -0.3 is 9.47 Å². The van der Waals surface area contributed by atoms with Crippen molar-refractivity contribution in [1.82, 2.24) is 4.72 Å². The summed E-state index contributed by atoms with van der Waals surface area (Å²) in [4.78, 5) is -0.406. The van der Waals surface area contributed by atoms with Crippen LogP contribution in [0.15, 0.2) is 23.1 Å². The van der Waals surface area contributed by atoms with Crippen molar-refractivity contribution in [2.45, 2.75) is 25.0 Å². The number of nitrogens with one attached hydrogen (secondary N) is 1. The third-order valence-corrected chi connectivity index (χ3v) is 3.99. The summed E-state index contributed by atoms with van der Waals surface area (Å²) in [6, 6.07) is 4.98. The Morgan fingerprint density at radius 2 is 1.95 bits per heavy atom. The third-order valence-electron chi connectivity index (χ3n) is 2.52. The summed E-state index contributed by atoms with van der Waals surface area (Å²) in [5.41, 5.74) is -0.519. The molecule has 0 aliphatic heterocycles. The highest BCUT2D eigenvalue weighted by Crippen LogP contribution is 2.17. The number of hydrogen-bond acceptors (Lipinski definition) is 5. The van der Waals surface area contributed by atoms with Crippen molar-refractivity contribution in [2.24, 2.45) is 0 Å². The second-order valence-corrected chi connectivity index (χ2v) is 5.65. The van der Waals surface area contributed by atoms with Gasteiger partial charge in [-0.2, -0.15) is 5.26 Å². The van der Waals surface area contributed by atoms with Crippen LogP contribution in [0.25, 0.3) is 0 Å². The maximum absolute atomic E-state index is 13.5. The van der Waals surface area contributed by atoms with E-state index in [2.05, 4.69) is 4.72 Å². The lowest BCUT2D eigenvalue weighted by atomic mass is 10.2. The third kappa shape index (κ3) is 4.75. The Hall–Kier alpha value is -1.53. The van der Waals surface area contributed by atoms with Crippen LogP contribution in [-0.4, -0.2) is 34.5 Å². The summed E-state index contributed by atoms with van der Waals surface area (Å²) >= 11 is 0. The number of nitriles is 1. The Morgan fingerprint density at radius 3 is 2.48 bits per heavy atom. The van der Waals surface area contributed by atoms with Gasteiger partial charge in [0.1, 0.15) is 22.3 Å². The van der Waals surface area contributed by atoms with E-state index in [9.17, 15) is 12.8 Å². The van der Waals surface area contributed by atoms with Gasteiger partial charge in [-0.25, -0.2) is 17.5 Å². The lowest BCUT2D eigenvalue weighted by molar-refractivity contribution is -0.130. The smallest absolute Gasteiger partial charge is 0.242 e. The molecule has 0 saturated heterocycles. The van der Waals surface area contributed by atoms with Gasteiger partial charge in [-0.3, -0.25) is 0 Å². The van der Waals surface area contributed by atoms with Crippen molar-refractivity contribution in [3.63, 3.8) is 0 Å². The van der Waals surface area contributed by atoms with Crippen molar-refractivity contribution in [2.75, 3.05) is 19.8 Å². The molecule has 1 rings (SSSR count). The van der Waals surface area contributed by atoms with Gasteiger partial charge in [-0.05, 0) is 26.0 Å². The zero-order valence-corrected chi connectivity index (χ0v) is 12.6. The van der Waals surface area contributed by atoms with E-state index in [0.717, 1.165) is 6.07 Å². The second kappa shape index (κ2) is 8.05. The van der Waals surface area contributed by atoms with Crippen molar-refractivity contribution in [3.05, 3.63) is 29.6 Å². The van der Waals surface area contributed by atoms with Gasteiger partial charge >= 0.3 is 0 Å². The maximum atomic E-state index is 13.5. The fourth-order valence-electron chi connectivity index (χ4n) is 1.63. The Labute approximate surface area is 123 Å². The van der Waals surface area contributed by atoms with E-state index in [4.69, 9.17) is 14.7 Å². The minimum atomic E-state index is -4.03. The Bertz CT molecular complexity index is 607. The molecular weight excluding hydrogens is 299 g/mol. The summed E-state index contributed by atoms with van der Waals surface area (Å²) < 4.78 is 50.4. The first-order valence-corrected chi connectivity index (χ1v) is 7.86. The van der Waals surface area contributed by atoms with Gasteiger partial charge in [-0.1, -0.05) is 6.07 Å². The average Bonchev–Trinajstić information content (AvgIpc) is 2.45. The molecule has 0 radical (unpaired) electrons. The van der Waals surface area contributed by atoms with E-state index in [0.29, 0.717) is 13.2 Å². The molecule has 0 heterocycles. The Balaban J connectivity index is 2.92. The molecule has 1 aromatic carbocycles. The molecule has 1 aromatic rings. The van der Waals surface area contributed by atoms with Gasteiger partial charge in [0.05, 0.1) is 6.54 Å². The van der Waals surface area contributed by atoms with Gasteiger partial charge in [0.2, 0.25) is 10.0 Å². The number of halogens is 1. The van der Waals surface area contributed by atoms with E-state index in [1.54, 1.807) is 19.9 Å². The van der Waals surface area contributed by atoms with Crippen LogP contribution >= 0.6 is 0 Å². The van der Waals surface area contributed by atoms with Gasteiger partial charge in [-0.15, -0.1) is 0 Å². The molecule has 0 amide bonds. The molecule has 0 aliphatic carbocycles. The molecule has 0 spiro atoms. The topological polar surface area (TPSA) is 88.4 Å². The Morgan fingerprint density at radius 1 is 1.33 bits per heavy atom. The zero-order chi connectivity index (χ0) is 15.9. The van der Waals surface area contributed by atoms with Crippen LogP contribution in [0.1, 0.15) is 19.4 Å². The summed E-state index contributed by atoms with van der Waals surface area (Å²) in [7, 11) is -4.03. The number of nitrogens with zero attached hydrogens (tertiary/aromatic N) is 1. The number of hydrogen-bond donors (Lipinski definition) is 1. The van der Waals surface area contributed by atoms with E-state index >= 15 is 0 Å². The fraction of sp³-hybridized carbons (Fsp3) is 0.462. The standard InChI is InChI=1S/C13H17FN2O4S/c1-3-19-13(20-4-2)9-16-21(17,18)12-7-5-6-11(14)10(12)8-15/h5-7,13,16H,3-4,9H2,1-2H3. The normalized spacial score (nSPS) is 11.6. The highest BCUT2D eigenvalue weighted by Gasteiger charge is 2.22. The molecule has 0 aliphatic rings. The lowest BCUT2D eigenvalue weighted by Crippen LogP contribution is -2.35. The molecule has 6 nitrogen and oxygen atoms in total. The van der Waals surface area contributed by atoms with Gasteiger partial charge in [0.25, 0.3) is 0 Å². The molecule has 116 valence electrons. The maximum Gasteiger partial charge on any atom is 0.242 e. The predicted molar refractivity (Wildman–Crippen MR) is 73.3 cm³/mol. The van der Waals surface area contributed by atoms with Crippen LogP contribution < -0.4 is 4.72 Å². The van der Waals surface area contributed by atoms with Crippen LogP contribution in [0, 0.1) is 17.1 Å². The van der Waals surface area contributed by atoms with Crippen LogP contribution in [0.5, 0.6) is 0 Å². The summed E-state index contributed by atoms with van der Waals surface area (Å²) in [6.45, 7) is 4.08. The highest BCUT2D eigenvalue weighted by atomic mass is 32.2. The first-order chi connectivity index (χ1) is 9.96. The van der Waals surface area contributed by atoms with Crippen LogP contribution in [-0.2, 0) is 19.5 Å². The minimum Gasteiger partial charge on any atom is -0.352 e. The van der Waals surface area contributed by atoms with E-state index in [-0.39, 0.29) is 6.54 Å². The predicted octanol–water partition coefficient (Wildman–Crippen LogP) is 1.37. The van der Waals surface area contributed by atoms with Crippen molar-refractivity contribution in [3.8, 4) is 6.07 Å². The van der Waals surface area contributed by atoms with E-state index < -0.39 is 32.6 Å². The molecule has 0 atom stereocenters. The monoisotopic (exact) mass is 316 g/mol. The summed E-state index contributed by atoms with van der Waals surface area (Å²) in [5, 5.41) is 8.88. The molecule has 0 bridgehead atoms. The SMILES string of the molecule is CCOC(CNS(=O)(=O)c1cccc(F)c1C#N)OCC. The number of benzene rings is 1. The fourth-order valence-corrected chi connectivity index (χ4v) is 2.81. The van der Waals surface area contributed by atoms with Crippen LogP contribution in [0.3, 0.4) is 0 Å². The summed E-state index contributed by atoms with van der Waals surface area (Å²) in [6.07, 6.45) is -0.742. The quantitative estimate of drug-likeness (QED) is 0.732. The largest absolute Gasteiger partial charge is 0.352 e. The van der Waals surface area contributed by atoms with Gasteiger partial charge in [0, 0.05) is 13.2 Å². The molecular formula is C13H17FN2O4S. The molecule has 0 aromatic heterocycles. The second-order valence-electron chi connectivity index (χ2n) is 3.92. The minimum absolute atomic E-state index is 0.134. The van der Waals surface area contributed by atoms with Gasteiger partial charge in [0.15, 0.2) is 6.29 Å². The zero-order valence-electron chi connectivity index (χ0n) is 11.8. The number of ether oxygens (including phenoxy) is 2. The molecule has 21 heavy (non-hydrogen) atoms. The van der Waals surface area contributed by atoms with E-state index in [1.807, 2.05) is 0 Å². The number of sulfonamides is 1. The number of rotatable bonds is 8. The van der Waals surface area contributed by atoms with Crippen LogP contribution in [0.4, 0.5) is 4.39 Å². The first-order valence-electron chi connectivity index (χ1n) is 6.37. The molecule has 8 heteroatoms. The average molecular weight is 316 g/mol. The lowest BCUT2D eigenvalue weighted by Gasteiger charge is -2.17. The highest BCUT2D eigenvalue weighted by molar-refractivity contribution is 7.89. The molecule has 1 N–H and O–H groups in total. The van der Waals surface area contributed by atoms with Crippen molar-refractivity contribution in [1.29, 1.82) is 5.26 Å². The van der Waals surface area contributed by atoms with E-state index in [1.165, 1.54) is 12.1 Å².